The monoisotopic (exact) mass is 361 g/mol. The van der Waals surface area contributed by atoms with Crippen molar-refractivity contribution in [3.05, 3.63) is 48.2 Å². The van der Waals surface area contributed by atoms with Crippen molar-refractivity contribution in [1.82, 2.24) is 29.5 Å². The first kappa shape index (κ1) is 16.2. The average Bonchev–Trinajstić information content (AvgIpc) is 3.39. The number of anilines is 1. The third-order valence-electron chi connectivity index (χ3n) is 5.78. The average molecular weight is 361 g/mol. The molecule has 138 valence electrons. The molecule has 5 rings (SSSR count). The van der Waals surface area contributed by atoms with Crippen LogP contribution in [0.15, 0.2) is 36.8 Å². The molecule has 1 aliphatic carbocycles. The summed E-state index contributed by atoms with van der Waals surface area (Å²) in [7, 11) is 0. The van der Waals surface area contributed by atoms with Crippen molar-refractivity contribution in [3.8, 4) is 0 Å². The number of pyridine rings is 1. The van der Waals surface area contributed by atoms with Gasteiger partial charge in [-0.2, -0.15) is 0 Å². The second-order valence-electron chi connectivity index (χ2n) is 7.53. The molecule has 0 saturated heterocycles. The molecule has 4 aromatic heterocycles. The summed E-state index contributed by atoms with van der Waals surface area (Å²) in [5.74, 6) is 2.94. The molecular weight excluding hydrogens is 338 g/mol. The van der Waals surface area contributed by atoms with Crippen LogP contribution in [0.5, 0.6) is 0 Å². The molecular formula is C20H23N7. The van der Waals surface area contributed by atoms with E-state index in [4.69, 9.17) is 0 Å². The number of hydrogen-bond donors (Lipinski definition) is 2. The first-order chi connectivity index (χ1) is 13.2. The Labute approximate surface area is 157 Å². The molecule has 4 heterocycles. The van der Waals surface area contributed by atoms with Crippen LogP contribution < -0.4 is 5.32 Å². The third-order valence-corrected chi connectivity index (χ3v) is 5.78. The minimum absolute atomic E-state index is 0.369. The SMILES string of the molecule is CC[C@@H]1C[C@H](Nc2ccc(C)cn2)C[C@@H]1c1nnc2cnc3[nH]ccc3n12. The third kappa shape index (κ3) is 2.74. The van der Waals surface area contributed by atoms with Crippen LogP contribution in [0.25, 0.3) is 16.8 Å². The van der Waals surface area contributed by atoms with Crippen molar-refractivity contribution in [3.63, 3.8) is 0 Å². The van der Waals surface area contributed by atoms with Gasteiger partial charge in [-0.05, 0) is 43.4 Å². The maximum Gasteiger partial charge on any atom is 0.179 e. The number of nitrogens with one attached hydrogen (secondary N) is 2. The van der Waals surface area contributed by atoms with Crippen LogP contribution in [-0.4, -0.2) is 35.6 Å². The fourth-order valence-electron chi connectivity index (χ4n) is 4.41. The Morgan fingerprint density at radius 1 is 1.15 bits per heavy atom. The second kappa shape index (κ2) is 6.33. The van der Waals surface area contributed by atoms with Crippen molar-refractivity contribution in [2.45, 2.75) is 45.1 Å². The van der Waals surface area contributed by atoms with Crippen molar-refractivity contribution >= 4 is 22.6 Å². The maximum absolute atomic E-state index is 4.57. The Hall–Kier alpha value is -2.96. The number of nitrogens with zero attached hydrogens (tertiary/aromatic N) is 5. The molecule has 1 aliphatic rings. The minimum atomic E-state index is 0.369. The topological polar surface area (TPSA) is 83.8 Å². The Bertz CT molecular complexity index is 1080. The van der Waals surface area contributed by atoms with E-state index in [-0.39, 0.29) is 0 Å². The van der Waals surface area contributed by atoms with Gasteiger partial charge in [0, 0.05) is 24.4 Å². The fourth-order valence-corrected chi connectivity index (χ4v) is 4.41. The molecule has 4 aromatic rings. The number of hydrogen-bond acceptors (Lipinski definition) is 5. The van der Waals surface area contributed by atoms with Crippen LogP contribution in [-0.2, 0) is 0 Å². The molecule has 7 nitrogen and oxygen atoms in total. The number of fused-ring (bicyclic) bond motifs is 3. The quantitative estimate of drug-likeness (QED) is 0.579. The van der Waals surface area contributed by atoms with Gasteiger partial charge in [0.05, 0.1) is 11.7 Å². The summed E-state index contributed by atoms with van der Waals surface area (Å²) in [6, 6.07) is 6.60. The summed E-state index contributed by atoms with van der Waals surface area (Å²) >= 11 is 0. The summed E-state index contributed by atoms with van der Waals surface area (Å²) in [5, 5.41) is 12.6. The first-order valence-corrected chi connectivity index (χ1v) is 9.59. The van der Waals surface area contributed by atoms with Gasteiger partial charge in [0.2, 0.25) is 0 Å². The van der Waals surface area contributed by atoms with Gasteiger partial charge in [-0.25, -0.2) is 9.97 Å². The van der Waals surface area contributed by atoms with E-state index in [2.05, 4.69) is 60.8 Å². The van der Waals surface area contributed by atoms with Crippen LogP contribution in [0.2, 0.25) is 0 Å². The Balaban J connectivity index is 1.48. The predicted octanol–water partition coefficient (Wildman–Crippen LogP) is 3.69. The van der Waals surface area contributed by atoms with Crippen molar-refractivity contribution in [2.75, 3.05) is 5.32 Å². The largest absolute Gasteiger partial charge is 0.367 e. The molecule has 0 unspecified atom stereocenters. The number of aromatic amines is 1. The van der Waals surface area contributed by atoms with E-state index in [9.17, 15) is 0 Å². The van der Waals surface area contributed by atoms with Crippen LogP contribution in [0, 0.1) is 12.8 Å². The minimum Gasteiger partial charge on any atom is -0.367 e. The Morgan fingerprint density at radius 3 is 2.89 bits per heavy atom. The van der Waals surface area contributed by atoms with E-state index in [1.807, 2.05) is 18.5 Å². The van der Waals surface area contributed by atoms with Crippen LogP contribution in [0.4, 0.5) is 5.82 Å². The van der Waals surface area contributed by atoms with E-state index in [1.165, 1.54) is 5.56 Å². The molecule has 0 amide bonds. The summed E-state index contributed by atoms with van der Waals surface area (Å²) in [6.07, 6.45) is 8.89. The van der Waals surface area contributed by atoms with Crippen molar-refractivity contribution < 1.29 is 0 Å². The van der Waals surface area contributed by atoms with E-state index in [0.717, 1.165) is 47.7 Å². The summed E-state index contributed by atoms with van der Waals surface area (Å²) in [4.78, 5) is 12.1. The maximum atomic E-state index is 4.57. The molecule has 3 atom stereocenters. The summed E-state index contributed by atoms with van der Waals surface area (Å²) in [6.45, 7) is 4.32. The molecule has 7 heteroatoms. The van der Waals surface area contributed by atoms with Gasteiger partial charge in [0.15, 0.2) is 11.3 Å². The predicted molar refractivity (Wildman–Crippen MR) is 105 cm³/mol. The Morgan fingerprint density at radius 2 is 2.07 bits per heavy atom. The highest BCUT2D eigenvalue weighted by Crippen LogP contribution is 2.42. The zero-order valence-electron chi connectivity index (χ0n) is 15.6. The van der Waals surface area contributed by atoms with Gasteiger partial charge in [0.25, 0.3) is 0 Å². The smallest absolute Gasteiger partial charge is 0.179 e. The van der Waals surface area contributed by atoms with E-state index in [1.54, 1.807) is 6.20 Å². The lowest BCUT2D eigenvalue weighted by Crippen LogP contribution is -2.16. The van der Waals surface area contributed by atoms with Crippen LogP contribution >= 0.6 is 0 Å². The molecule has 1 fully saturated rings. The molecule has 27 heavy (non-hydrogen) atoms. The van der Waals surface area contributed by atoms with Gasteiger partial charge in [-0.3, -0.25) is 4.40 Å². The lowest BCUT2D eigenvalue weighted by atomic mass is 9.93. The number of aromatic nitrogens is 6. The molecule has 1 saturated carbocycles. The van der Waals surface area contributed by atoms with Gasteiger partial charge >= 0.3 is 0 Å². The standard InChI is InChI=1S/C20H23N7/c1-3-13-8-14(24-17-5-4-12(2)10-22-17)9-15(13)20-26-25-18-11-23-19-16(27(18)20)6-7-21-19/h4-7,10-11,13-15,21H,3,8-9H2,1-2H3,(H,22,24)/t13-,14+,15+/m1/s1. The van der Waals surface area contributed by atoms with Crippen LogP contribution in [0.3, 0.4) is 0 Å². The molecule has 0 radical (unpaired) electrons. The molecule has 0 bridgehead atoms. The van der Waals surface area contributed by atoms with E-state index >= 15 is 0 Å². The molecule has 2 N–H and O–H groups in total. The highest BCUT2D eigenvalue weighted by Gasteiger charge is 2.37. The lowest BCUT2D eigenvalue weighted by Gasteiger charge is -2.15. The summed E-state index contributed by atoms with van der Waals surface area (Å²) in [5.41, 5.74) is 3.89. The number of aryl methyl sites for hydroxylation is 1. The zero-order chi connectivity index (χ0) is 18.4. The van der Waals surface area contributed by atoms with Crippen LogP contribution in [0.1, 0.15) is 43.5 Å². The van der Waals surface area contributed by atoms with Crippen molar-refractivity contribution in [2.24, 2.45) is 5.92 Å². The van der Waals surface area contributed by atoms with Gasteiger partial charge in [-0.15, -0.1) is 10.2 Å². The second-order valence-corrected chi connectivity index (χ2v) is 7.53. The zero-order valence-corrected chi connectivity index (χ0v) is 15.6. The number of H-pyrrole nitrogens is 1. The first-order valence-electron chi connectivity index (χ1n) is 9.59. The van der Waals surface area contributed by atoms with Gasteiger partial charge < -0.3 is 10.3 Å². The number of rotatable bonds is 4. The highest BCUT2D eigenvalue weighted by molar-refractivity contribution is 5.74. The lowest BCUT2D eigenvalue weighted by molar-refractivity contribution is 0.451. The molecule has 0 aliphatic heterocycles. The van der Waals surface area contributed by atoms with Gasteiger partial charge in [-0.1, -0.05) is 19.4 Å². The normalized spacial score (nSPS) is 22.7. The van der Waals surface area contributed by atoms with E-state index < -0.39 is 0 Å². The summed E-state index contributed by atoms with van der Waals surface area (Å²) < 4.78 is 2.17. The highest BCUT2D eigenvalue weighted by atomic mass is 15.3. The van der Waals surface area contributed by atoms with E-state index in [0.29, 0.717) is 17.9 Å². The molecule has 0 aromatic carbocycles. The van der Waals surface area contributed by atoms with Gasteiger partial charge in [0.1, 0.15) is 11.6 Å². The molecule has 0 spiro atoms. The van der Waals surface area contributed by atoms with Crippen molar-refractivity contribution in [1.29, 1.82) is 0 Å². The Kier molecular flexibility index (Phi) is 3.81. The fraction of sp³-hybridized carbons (Fsp3) is 0.400.